The van der Waals surface area contributed by atoms with E-state index in [1.54, 1.807) is 0 Å². The second kappa shape index (κ2) is 7.48. The first-order chi connectivity index (χ1) is 13.2. The van der Waals surface area contributed by atoms with Crippen LogP contribution in [0.1, 0.15) is 43.2 Å². The van der Waals surface area contributed by atoms with Crippen LogP contribution in [-0.4, -0.2) is 6.04 Å². The molecule has 0 saturated heterocycles. The molecule has 0 spiro atoms. The summed E-state index contributed by atoms with van der Waals surface area (Å²) >= 11 is 5.93. The third-order valence-corrected chi connectivity index (χ3v) is 7.26. The van der Waals surface area contributed by atoms with Gasteiger partial charge < -0.3 is 10.1 Å². The molecular weight excluding hydrogens is 354 g/mol. The van der Waals surface area contributed by atoms with Gasteiger partial charge in [-0.2, -0.15) is 0 Å². The molecule has 1 N–H and O–H groups in total. The number of halogens is 1. The zero-order valence-corrected chi connectivity index (χ0v) is 16.5. The first-order valence-corrected chi connectivity index (χ1v) is 10.8. The number of hydrogen-bond donors (Lipinski definition) is 1. The van der Waals surface area contributed by atoms with E-state index in [0.29, 0.717) is 6.61 Å². The van der Waals surface area contributed by atoms with Crippen LogP contribution < -0.4 is 10.1 Å². The molecule has 4 aliphatic carbocycles. The fraction of sp³-hybridized carbons (Fsp3) is 0.500. The van der Waals surface area contributed by atoms with E-state index >= 15 is 0 Å². The number of nitrogens with one attached hydrogen (secondary N) is 1. The molecule has 142 valence electrons. The summed E-state index contributed by atoms with van der Waals surface area (Å²) in [4.78, 5) is 0. The number of rotatable bonds is 6. The summed E-state index contributed by atoms with van der Waals surface area (Å²) in [5.41, 5.74) is 2.48. The Hall–Kier alpha value is -1.51. The lowest BCUT2D eigenvalue weighted by atomic mass is 9.54. The van der Waals surface area contributed by atoms with Crippen LogP contribution in [-0.2, 0) is 13.2 Å². The summed E-state index contributed by atoms with van der Waals surface area (Å²) in [5.74, 6) is 4.88. The van der Waals surface area contributed by atoms with Crippen molar-refractivity contribution < 1.29 is 4.74 Å². The molecule has 0 aromatic heterocycles. The standard InChI is InChI=1S/C24H28ClNO/c25-22-5-1-17(2-6-22)15-27-23-7-3-16(4-8-23)14-26-24-20-10-18-9-19(12-20)13-21(24)11-18/h1-8,18-21,24,26H,9-15H2. The number of benzene rings is 2. The Bertz CT molecular complexity index is 742. The third-order valence-electron chi connectivity index (χ3n) is 7.01. The summed E-state index contributed by atoms with van der Waals surface area (Å²) in [6.07, 6.45) is 7.42. The van der Waals surface area contributed by atoms with E-state index in [9.17, 15) is 0 Å². The van der Waals surface area contributed by atoms with E-state index < -0.39 is 0 Å². The highest BCUT2D eigenvalue weighted by Crippen LogP contribution is 2.53. The molecule has 4 saturated carbocycles. The van der Waals surface area contributed by atoms with Gasteiger partial charge in [0.15, 0.2) is 0 Å². The van der Waals surface area contributed by atoms with E-state index in [1.165, 1.54) is 37.7 Å². The number of ether oxygens (including phenoxy) is 1. The molecule has 0 radical (unpaired) electrons. The third kappa shape index (κ3) is 3.88. The van der Waals surface area contributed by atoms with Crippen molar-refractivity contribution in [3.8, 4) is 5.75 Å². The maximum Gasteiger partial charge on any atom is 0.119 e. The highest BCUT2D eigenvalue weighted by Gasteiger charge is 2.47. The van der Waals surface area contributed by atoms with Crippen molar-refractivity contribution in [2.45, 2.75) is 51.3 Å². The lowest BCUT2D eigenvalue weighted by molar-refractivity contribution is -0.0142. The Kier molecular flexibility index (Phi) is 4.87. The predicted octanol–water partition coefficient (Wildman–Crippen LogP) is 5.83. The van der Waals surface area contributed by atoms with Gasteiger partial charge in [-0.25, -0.2) is 0 Å². The fourth-order valence-electron chi connectivity index (χ4n) is 5.95. The second-order valence-corrected chi connectivity index (χ2v) is 9.33. The molecule has 3 heteroatoms. The summed E-state index contributed by atoms with van der Waals surface area (Å²) in [7, 11) is 0. The molecule has 2 nitrogen and oxygen atoms in total. The zero-order chi connectivity index (χ0) is 18.2. The Morgan fingerprint density at radius 2 is 1.37 bits per heavy atom. The minimum absolute atomic E-state index is 0.572. The topological polar surface area (TPSA) is 21.3 Å². The Labute approximate surface area is 167 Å². The Morgan fingerprint density at radius 1 is 0.778 bits per heavy atom. The van der Waals surface area contributed by atoms with Crippen molar-refractivity contribution in [2.24, 2.45) is 23.7 Å². The normalized spacial score (nSPS) is 31.2. The van der Waals surface area contributed by atoms with Gasteiger partial charge in [-0.3, -0.25) is 0 Å². The minimum atomic E-state index is 0.572. The molecule has 0 amide bonds. The van der Waals surface area contributed by atoms with E-state index in [2.05, 4.69) is 29.6 Å². The van der Waals surface area contributed by atoms with Gasteiger partial charge in [-0.05, 0) is 91.2 Å². The van der Waals surface area contributed by atoms with Gasteiger partial charge in [-0.15, -0.1) is 0 Å². The average molecular weight is 382 g/mol. The quantitative estimate of drug-likeness (QED) is 0.679. The van der Waals surface area contributed by atoms with Crippen molar-refractivity contribution in [2.75, 3.05) is 0 Å². The monoisotopic (exact) mass is 381 g/mol. The van der Waals surface area contributed by atoms with Crippen molar-refractivity contribution in [1.29, 1.82) is 0 Å². The lowest BCUT2D eigenvalue weighted by Gasteiger charge is -2.54. The molecule has 2 aromatic rings. The van der Waals surface area contributed by atoms with Crippen LogP contribution in [0.15, 0.2) is 48.5 Å². The Morgan fingerprint density at radius 3 is 2.00 bits per heavy atom. The fourth-order valence-corrected chi connectivity index (χ4v) is 6.07. The highest BCUT2D eigenvalue weighted by molar-refractivity contribution is 6.30. The Balaban J connectivity index is 1.14. The van der Waals surface area contributed by atoms with Gasteiger partial charge >= 0.3 is 0 Å². The van der Waals surface area contributed by atoms with Gasteiger partial charge in [0.2, 0.25) is 0 Å². The second-order valence-electron chi connectivity index (χ2n) is 8.90. The highest BCUT2D eigenvalue weighted by atomic mass is 35.5. The molecular formula is C24H28ClNO. The van der Waals surface area contributed by atoms with E-state index in [1.807, 2.05) is 24.3 Å². The van der Waals surface area contributed by atoms with Gasteiger partial charge in [0.05, 0.1) is 0 Å². The van der Waals surface area contributed by atoms with Crippen molar-refractivity contribution in [1.82, 2.24) is 5.32 Å². The maximum absolute atomic E-state index is 5.93. The molecule has 4 bridgehead atoms. The molecule has 0 unspecified atom stereocenters. The van der Waals surface area contributed by atoms with Crippen LogP contribution in [0.25, 0.3) is 0 Å². The van der Waals surface area contributed by atoms with Gasteiger partial charge in [0.25, 0.3) is 0 Å². The van der Waals surface area contributed by atoms with Crippen molar-refractivity contribution in [3.63, 3.8) is 0 Å². The van der Waals surface area contributed by atoms with Crippen LogP contribution >= 0.6 is 11.6 Å². The molecule has 0 heterocycles. The zero-order valence-electron chi connectivity index (χ0n) is 15.7. The molecule has 27 heavy (non-hydrogen) atoms. The van der Waals surface area contributed by atoms with Crippen LogP contribution in [0.5, 0.6) is 5.75 Å². The average Bonchev–Trinajstić information content (AvgIpc) is 2.67. The van der Waals surface area contributed by atoms with Gasteiger partial charge in [0, 0.05) is 17.6 Å². The molecule has 0 atom stereocenters. The molecule has 6 rings (SSSR count). The summed E-state index contributed by atoms with van der Waals surface area (Å²) in [5, 5.41) is 4.67. The lowest BCUT2D eigenvalue weighted by Crippen LogP contribution is -2.54. The van der Waals surface area contributed by atoms with E-state index in [0.717, 1.165) is 52.6 Å². The predicted molar refractivity (Wildman–Crippen MR) is 110 cm³/mol. The van der Waals surface area contributed by atoms with Crippen molar-refractivity contribution >= 4 is 11.6 Å². The summed E-state index contributed by atoms with van der Waals surface area (Å²) in [6.45, 7) is 1.55. The van der Waals surface area contributed by atoms with Crippen molar-refractivity contribution in [3.05, 3.63) is 64.7 Å². The van der Waals surface area contributed by atoms with Crippen LogP contribution in [0.2, 0.25) is 5.02 Å². The molecule has 4 fully saturated rings. The van der Waals surface area contributed by atoms with Gasteiger partial charge in [0.1, 0.15) is 12.4 Å². The van der Waals surface area contributed by atoms with E-state index in [-0.39, 0.29) is 0 Å². The first-order valence-electron chi connectivity index (χ1n) is 10.4. The van der Waals surface area contributed by atoms with Crippen LogP contribution in [0, 0.1) is 23.7 Å². The molecule has 0 aliphatic heterocycles. The van der Waals surface area contributed by atoms with Crippen LogP contribution in [0.4, 0.5) is 0 Å². The SMILES string of the molecule is Clc1ccc(COc2ccc(CNC3C4CC5CC(C4)CC3C5)cc2)cc1. The van der Waals surface area contributed by atoms with Crippen LogP contribution in [0.3, 0.4) is 0 Å². The molecule has 4 aliphatic rings. The minimum Gasteiger partial charge on any atom is -0.489 e. The summed E-state index contributed by atoms with van der Waals surface area (Å²) < 4.78 is 5.90. The largest absolute Gasteiger partial charge is 0.489 e. The summed E-state index contributed by atoms with van der Waals surface area (Å²) in [6, 6.07) is 17.1. The first kappa shape index (κ1) is 17.6. The van der Waals surface area contributed by atoms with E-state index in [4.69, 9.17) is 16.3 Å². The maximum atomic E-state index is 5.93. The van der Waals surface area contributed by atoms with Gasteiger partial charge in [-0.1, -0.05) is 35.9 Å². The molecule has 2 aromatic carbocycles. The number of hydrogen-bond acceptors (Lipinski definition) is 2. The smallest absolute Gasteiger partial charge is 0.119 e.